The number of aryl methyl sites for hydroxylation is 1. The monoisotopic (exact) mass is 363 g/mol. The second kappa shape index (κ2) is 7.54. The van der Waals surface area contributed by atoms with E-state index in [0.717, 1.165) is 11.6 Å². The van der Waals surface area contributed by atoms with Crippen molar-refractivity contribution in [2.24, 2.45) is 0 Å². The van der Waals surface area contributed by atoms with E-state index in [1.54, 1.807) is 24.5 Å². The number of alkyl halides is 3. The van der Waals surface area contributed by atoms with E-state index in [1.807, 2.05) is 0 Å². The molecule has 0 unspecified atom stereocenters. The fourth-order valence-electron chi connectivity index (χ4n) is 2.25. The lowest BCUT2D eigenvalue weighted by Gasteiger charge is -2.22. The maximum absolute atomic E-state index is 13.0. The summed E-state index contributed by atoms with van der Waals surface area (Å²) in [5.74, 6) is -0.824. The minimum Gasteiger partial charge on any atom is -0.380 e. The minimum absolute atomic E-state index is 0.0785. The first kappa shape index (κ1) is 19.4. The average molecular weight is 363 g/mol. The zero-order valence-corrected chi connectivity index (χ0v) is 13.8. The van der Waals surface area contributed by atoms with Crippen molar-refractivity contribution in [3.63, 3.8) is 0 Å². The number of nitrogens with one attached hydrogen (secondary N) is 1. The number of rotatable bonds is 5. The maximum Gasteiger partial charge on any atom is 0.407 e. The average Bonchev–Trinajstić information content (AvgIpc) is 2.60. The van der Waals surface area contributed by atoms with Crippen molar-refractivity contribution in [1.82, 2.24) is 4.98 Å². The summed E-state index contributed by atoms with van der Waals surface area (Å²) in [5, 5.41) is 12.6. The second-order valence-electron chi connectivity index (χ2n) is 5.92. The van der Waals surface area contributed by atoms with Gasteiger partial charge in [-0.15, -0.1) is 0 Å². The van der Waals surface area contributed by atoms with E-state index in [2.05, 4.69) is 15.1 Å². The summed E-state index contributed by atoms with van der Waals surface area (Å²) in [6, 6.07) is 6.35. The van der Waals surface area contributed by atoms with Crippen LogP contribution in [0, 0.1) is 6.57 Å². The Morgan fingerprint density at radius 3 is 2.50 bits per heavy atom. The van der Waals surface area contributed by atoms with E-state index in [1.165, 1.54) is 13.0 Å². The summed E-state index contributed by atoms with van der Waals surface area (Å²) in [6.07, 6.45) is -1.07. The lowest BCUT2D eigenvalue weighted by atomic mass is 9.96. The molecule has 136 valence electrons. The molecule has 0 spiro atoms. The number of hydrogen-bond acceptors (Lipinski definition) is 3. The standard InChI is InChI=1S/C18H16F3N3O2/c1-17(26,8-5-12-6-9-23-10-7-12)16(25)24-13-3-4-15(22-2)14(11-13)18(19,20)21/h3-4,6-7,9-11,26H,5,8H2,1H3,(H,24,25)/t17-/m0/s1. The van der Waals surface area contributed by atoms with Crippen LogP contribution in [0.2, 0.25) is 0 Å². The van der Waals surface area contributed by atoms with Crippen LogP contribution in [0.3, 0.4) is 0 Å². The first-order valence-corrected chi connectivity index (χ1v) is 7.65. The zero-order chi connectivity index (χ0) is 19.4. The Bertz CT molecular complexity index is 828. The van der Waals surface area contributed by atoms with Crippen LogP contribution in [-0.2, 0) is 17.4 Å². The molecule has 2 aromatic rings. The highest BCUT2D eigenvalue weighted by molar-refractivity contribution is 5.97. The number of amides is 1. The van der Waals surface area contributed by atoms with Crippen molar-refractivity contribution in [2.75, 3.05) is 5.32 Å². The number of hydrogen-bond donors (Lipinski definition) is 2. The van der Waals surface area contributed by atoms with E-state index in [9.17, 15) is 23.1 Å². The predicted octanol–water partition coefficient (Wildman–Crippen LogP) is 3.97. The molecule has 8 heteroatoms. The van der Waals surface area contributed by atoms with Crippen LogP contribution in [-0.4, -0.2) is 21.6 Å². The number of benzene rings is 1. The molecule has 0 fully saturated rings. The molecular formula is C18H16F3N3O2. The van der Waals surface area contributed by atoms with Crippen LogP contribution in [0.1, 0.15) is 24.5 Å². The SMILES string of the molecule is [C-]#[N+]c1ccc(NC(=O)[C@@](C)(O)CCc2ccncc2)cc1C(F)(F)F. The third-order valence-electron chi connectivity index (χ3n) is 3.82. The van der Waals surface area contributed by atoms with Crippen molar-refractivity contribution in [1.29, 1.82) is 0 Å². The van der Waals surface area contributed by atoms with Crippen molar-refractivity contribution in [2.45, 2.75) is 31.5 Å². The van der Waals surface area contributed by atoms with Crippen molar-refractivity contribution in [3.05, 3.63) is 65.3 Å². The number of carbonyl (C=O) groups is 1. The largest absolute Gasteiger partial charge is 0.407 e. The van der Waals surface area contributed by atoms with Gasteiger partial charge in [0.2, 0.25) is 0 Å². The van der Waals surface area contributed by atoms with Gasteiger partial charge in [0.15, 0.2) is 5.69 Å². The normalized spacial score (nSPS) is 13.5. The Labute approximate surface area is 148 Å². The molecule has 1 heterocycles. The lowest BCUT2D eigenvalue weighted by molar-refractivity contribution is -0.137. The molecule has 2 N–H and O–H groups in total. The highest BCUT2D eigenvalue weighted by Crippen LogP contribution is 2.38. The molecule has 0 aliphatic carbocycles. The molecule has 2 rings (SSSR count). The summed E-state index contributed by atoms with van der Waals surface area (Å²) in [4.78, 5) is 19.0. The number of aromatic nitrogens is 1. The third-order valence-corrected chi connectivity index (χ3v) is 3.82. The summed E-state index contributed by atoms with van der Waals surface area (Å²) in [7, 11) is 0. The Balaban J connectivity index is 2.12. The zero-order valence-electron chi connectivity index (χ0n) is 13.8. The van der Waals surface area contributed by atoms with Gasteiger partial charge in [-0.25, -0.2) is 4.85 Å². The molecule has 0 saturated heterocycles. The van der Waals surface area contributed by atoms with Crippen LogP contribution in [0.25, 0.3) is 4.85 Å². The third kappa shape index (κ3) is 4.80. The first-order valence-electron chi connectivity index (χ1n) is 7.65. The van der Waals surface area contributed by atoms with E-state index < -0.39 is 28.9 Å². The van der Waals surface area contributed by atoms with Gasteiger partial charge >= 0.3 is 6.18 Å². The highest BCUT2D eigenvalue weighted by Gasteiger charge is 2.34. The molecule has 0 aliphatic heterocycles. The molecular weight excluding hydrogens is 347 g/mol. The van der Waals surface area contributed by atoms with Crippen molar-refractivity contribution in [3.8, 4) is 0 Å². The molecule has 0 bridgehead atoms. The highest BCUT2D eigenvalue weighted by atomic mass is 19.4. The summed E-state index contributed by atoms with van der Waals surface area (Å²) >= 11 is 0. The van der Waals surface area contributed by atoms with Crippen LogP contribution < -0.4 is 5.32 Å². The molecule has 1 aromatic heterocycles. The van der Waals surface area contributed by atoms with Gasteiger partial charge in [0.1, 0.15) is 5.60 Å². The van der Waals surface area contributed by atoms with E-state index >= 15 is 0 Å². The van der Waals surface area contributed by atoms with Crippen molar-refractivity contribution < 1.29 is 23.1 Å². The summed E-state index contributed by atoms with van der Waals surface area (Å²) in [6.45, 7) is 8.10. The number of halogens is 3. The lowest BCUT2D eigenvalue weighted by Crippen LogP contribution is -2.40. The van der Waals surface area contributed by atoms with Crippen LogP contribution in [0.4, 0.5) is 24.5 Å². The number of nitrogens with zero attached hydrogens (tertiary/aromatic N) is 2. The van der Waals surface area contributed by atoms with Gasteiger partial charge < -0.3 is 10.4 Å². The summed E-state index contributed by atoms with van der Waals surface area (Å²) in [5.41, 5.74) is -2.74. The molecule has 0 radical (unpaired) electrons. The quantitative estimate of drug-likeness (QED) is 0.790. The van der Waals surface area contributed by atoms with Gasteiger partial charge in [-0.3, -0.25) is 9.78 Å². The number of aliphatic hydroxyl groups is 1. The minimum atomic E-state index is -4.72. The Hall–Kier alpha value is -2.92. The fraction of sp³-hybridized carbons (Fsp3) is 0.278. The smallest absolute Gasteiger partial charge is 0.380 e. The number of carbonyl (C=O) groups excluding carboxylic acids is 1. The van der Waals surface area contributed by atoms with Gasteiger partial charge in [0.25, 0.3) is 5.91 Å². The van der Waals surface area contributed by atoms with Crippen LogP contribution in [0.5, 0.6) is 0 Å². The Kier molecular flexibility index (Phi) is 5.63. The number of pyridine rings is 1. The first-order chi connectivity index (χ1) is 12.1. The van der Waals surface area contributed by atoms with Gasteiger partial charge in [-0.1, -0.05) is 6.07 Å². The molecule has 1 atom stereocenters. The van der Waals surface area contributed by atoms with E-state index in [0.29, 0.717) is 12.5 Å². The van der Waals surface area contributed by atoms with E-state index in [-0.39, 0.29) is 12.1 Å². The molecule has 0 saturated carbocycles. The second-order valence-corrected chi connectivity index (χ2v) is 5.92. The molecule has 0 aliphatic rings. The van der Waals surface area contributed by atoms with Gasteiger partial charge in [0, 0.05) is 18.1 Å². The molecule has 1 aromatic carbocycles. The van der Waals surface area contributed by atoms with Crippen LogP contribution >= 0.6 is 0 Å². The maximum atomic E-state index is 13.0. The van der Waals surface area contributed by atoms with Crippen molar-refractivity contribution >= 4 is 17.3 Å². The van der Waals surface area contributed by atoms with Crippen LogP contribution in [0.15, 0.2) is 42.7 Å². The number of anilines is 1. The summed E-state index contributed by atoms with van der Waals surface area (Å²) < 4.78 is 39.0. The topological polar surface area (TPSA) is 66.6 Å². The molecule has 26 heavy (non-hydrogen) atoms. The molecule has 5 nitrogen and oxygen atoms in total. The molecule has 1 amide bonds. The Morgan fingerprint density at radius 1 is 1.27 bits per heavy atom. The fourth-order valence-corrected chi connectivity index (χ4v) is 2.25. The van der Waals surface area contributed by atoms with Gasteiger partial charge in [-0.05, 0) is 49.6 Å². The Morgan fingerprint density at radius 2 is 1.92 bits per heavy atom. The predicted molar refractivity (Wildman–Crippen MR) is 89.5 cm³/mol. The van der Waals surface area contributed by atoms with Gasteiger partial charge in [-0.2, -0.15) is 13.2 Å². The van der Waals surface area contributed by atoms with E-state index in [4.69, 9.17) is 6.57 Å². The van der Waals surface area contributed by atoms with Gasteiger partial charge in [0.05, 0.1) is 12.1 Å².